The molecule has 2 fully saturated rings. The number of nitrogens with one attached hydrogen (secondary N) is 1. The standard InChI is InChI=1S/C14H23N3/c1-11(13-6-3-7-15-8-13)17-10-16-9-14(17)12-4-2-5-12/h9-13,15H,2-8H2,1H3. The lowest BCUT2D eigenvalue weighted by atomic mass is 9.82. The van der Waals surface area contributed by atoms with Crippen LogP contribution in [0.15, 0.2) is 12.5 Å². The molecule has 2 heterocycles. The van der Waals surface area contributed by atoms with E-state index in [2.05, 4.69) is 28.0 Å². The summed E-state index contributed by atoms with van der Waals surface area (Å²) in [5, 5.41) is 3.52. The van der Waals surface area contributed by atoms with Crippen molar-refractivity contribution in [2.75, 3.05) is 13.1 Å². The Morgan fingerprint density at radius 2 is 2.24 bits per heavy atom. The third-order valence-corrected chi connectivity index (χ3v) is 4.68. The van der Waals surface area contributed by atoms with E-state index in [0.717, 1.165) is 11.8 Å². The molecule has 0 spiro atoms. The van der Waals surface area contributed by atoms with E-state index in [1.807, 2.05) is 6.33 Å². The van der Waals surface area contributed by atoms with Crippen molar-refractivity contribution >= 4 is 0 Å². The average Bonchev–Trinajstić information content (AvgIpc) is 2.76. The van der Waals surface area contributed by atoms with Crippen LogP contribution in [0, 0.1) is 5.92 Å². The van der Waals surface area contributed by atoms with Gasteiger partial charge in [-0.15, -0.1) is 0 Å². The summed E-state index contributed by atoms with van der Waals surface area (Å²) >= 11 is 0. The molecule has 1 saturated carbocycles. The predicted octanol–water partition coefficient (Wildman–Crippen LogP) is 2.71. The molecular weight excluding hydrogens is 210 g/mol. The fourth-order valence-electron chi connectivity index (χ4n) is 3.19. The van der Waals surface area contributed by atoms with Crippen LogP contribution in [-0.2, 0) is 0 Å². The molecule has 1 aromatic heterocycles. The minimum absolute atomic E-state index is 0.598. The number of hydrogen-bond donors (Lipinski definition) is 1. The second-order valence-corrected chi connectivity index (χ2v) is 5.70. The summed E-state index contributed by atoms with van der Waals surface area (Å²) in [6.45, 7) is 4.73. The highest BCUT2D eigenvalue weighted by Gasteiger charge is 2.27. The minimum atomic E-state index is 0.598. The van der Waals surface area contributed by atoms with Crippen molar-refractivity contribution in [2.45, 2.75) is 51.0 Å². The van der Waals surface area contributed by atoms with Crippen LogP contribution in [0.4, 0.5) is 0 Å². The number of nitrogens with zero attached hydrogens (tertiary/aromatic N) is 2. The fraction of sp³-hybridized carbons (Fsp3) is 0.786. The molecule has 2 atom stereocenters. The van der Waals surface area contributed by atoms with Gasteiger partial charge in [0, 0.05) is 23.9 Å². The minimum Gasteiger partial charge on any atom is -0.331 e. The van der Waals surface area contributed by atoms with Crippen molar-refractivity contribution in [1.29, 1.82) is 0 Å². The third kappa shape index (κ3) is 2.13. The summed E-state index contributed by atoms with van der Waals surface area (Å²) in [4.78, 5) is 4.38. The first-order chi connectivity index (χ1) is 8.36. The van der Waals surface area contributed by atoms with Gasteiger partial charge in [-0.25, -0.2) is 4.98 Å². The van der Waals surface area contributed by atoms with Crippen molar-refractivity contribution in [3.05, 3.63) is 18.2 Å². The Morgan fingerprint density at radius 3 is 2.88 bits per heavy atom. The molecule has 1 saturated heterocycles. The van der Waals surface area contributed by atoms with Crippen molar-refractivity contribution in [2.24, 2.45) is 5.92 Å². The Bertz CT molecular complexity index is 361. The Kier molecular flexibility index (Phi) is 3.19. The average molecular weight is 233 g/mol. The smallest absolute Gasteiger partial charge is 0.0950 e. The maximum absolute atomic E-state index is 4.38. The summed E-state index contributed by atoms with van der Waals surface area (Å²) in [6.07, 6.45) is 10.9. The molecule has 1 aromatic rings. The lowest BCUT2D eigenvalue weighted by Gasteiger charge is -2.33. The lowest BCUT2D eigenvalue weighted by Crippen LogP contribution is -2.34. The number of hydrogen-bond acceptors (Lipinski definition) is 2. The molecule has 0 aromatic carbocycles. The second-order valence-electron chi connectivity index (χ2n) is 5.70. The van der Waals surface area contributed by atoms with E-state index in [9.17, 15) is 0 Å². The molecule has 0 amide bonds. The van der Waals surface area contributed by atoms with E-state index in [1.54, 1.807) is 0 Å². The highest BCUT2D eigenvalue weighted by molar-refractivity contribution is 5.11. The van der Waals surface area contributed by atoms with Gasteiger partial charge < -0.3 is 9.88 Å². The Morgan fingerprint density at radius 1 is 1.35 bits per heavy atom. The van der Waals surface area contributed by atoms with E-state index >= 15 is 0 Å². The first-order valence-corrected chi connectivity index (χ1v) is 7.08. The molecule has 1 N–H and O–H groups in total. The van der Waals surface area contributed by atoms with Crippen molar-refractivity contribution in [1.82, 2.24) is 14.9 Å². The van der Waals surface area contributed by atoms with E-state index in [1.165, 1.54) is 50.9 Å². The summed E-state index contributed by atoms with van der Waals surface area (Å²) in [5.74, 6) is 1.56. The fourth-order valence-corrected chi connectivity index (χ4v) is 3.19. The van der Waals surface area contributed by atoms with Gasteiger partial charge in [-0.2, -0.15) is 0 Å². The maximum atomic E-state index is 4.38. The summed E-state index contributed by atoms with van der Waals surface area (Å²) < 4.78 is 2.45. The number of imidazole rings is 1. The molecule has 0 radical (unpaired) electrons. The zero-order valence-corrected chi connectivity index (χ0v) is 10.7. The van der Waals surface area contributed by atoms with Crippen LogP contribution in [0.5, 0.6) is 0 Å². The van der Waals surface area contributed by atoms with E-state index in [0.29, 0.717) is 6.04 Å². The predicted molar refractivity (Wildman–Crippen MR) is 69.1 cm³/mol. The number of piperidine rings is 1. The van der Waals surface area contributed by atoms with Crippen LogP contribution in [-0.4, -0.2) is 22.6 Å². The molecule has 1 aliphatic carbocycles. The van der Waals surface area contributed by atoms with Gasteiger partial charge in [-0.1, -0.05) is 6.42 Å². The number of aromatic nitrogens is 2. The van der Waals surface area contributed by atoms with Gasteiger partial charge in [0.25, 0.3) is 0 Å². The summed E-state index contributed by atoms with van der Waals surface area (Å²) in [6, 6.07) is 0.598. The van der Waals surface area contributed by atoms with Gasteiger partial charge in [-0.3, -0.25) is 0 Å². The van der Waals surface area contributed by atoms with Crippen molar-refractivity contribution in [3.8, 4) is 0 Å². The van der Waals surface area contributed by atoms with E-state index in [-0.39, 0.29) is 0 Å². The molecule has 17 heavy (non-hydrogen) atoms. The lowest BCUT2D eigenvalue weighted by molar-refractivity contribution is 0.267. The molecule has 0 bridgehead atoms. The van der Waals surface area contributed by atoms with Gasteiger partial charge in [0.15, 0.2) is 0 Å². The molecule has 3 heteroatoms. The second kappa shape index (κ2) is 4.81. The topological polar surface area (TPSA) is 29.9 Å². The summed E-state index contributed by atoms with van der Waals surface area (Å²) in [5.41, 5.74) is 1.48. The zero-order valence-electron chi connectivity index (χ0n) is 10.7. The molecule has 1 aliphatic heterocycles. The van der Waals surface area contributed by atoms with Crippen LogP contribution in [0.25, 0.3) is 0 Å². The first kappa shape index (κ1) is 11.3. The molecule has 3 rings (SSSR count). The van der Waals surface area contributed by atoms with Crippen LogP contribution in [0.1, 0.15) is 56.7 Å². The van der Waals surface area contributed by atoms with Gasteiger partial charge in [0.2, 0.25) is 0 Å². The molecular formula is C14H23N3. The van der Waals surface area contributed by atoms with E-state index < -0.39 is 0 Å². The molecule has 2 aliphatic rings. The Balaban J connectivity index is 1.75. The van der Waals surface area contributed by atoms with Gasteiger partial charge >= 0.3 is 0 Å². The highest BCUT2D eigenvalue weighted by Crippen LogP contribution is 2.38. The highest BCUT2D eigenvalue weighted by atomic mass is 15.1. The summed E-state index contributed by atoms with van der Waals surface area (Å²) in [7, 11) is 0. The van der Waals surface area contributed by atoms with Crippen molar-refractivity contribution in [3.63, 3.8) is 0 Å². The normalized spacial score (nSPS) is 27.7. The maximum Gasteiger partial charge on any atom is 0.0950 e. The SMILES string of the molecule is CC(C1CCCNC1)n1cncc1C1CCC1. The van der Waals surface area contributed by atoms with Crippen LogP contribution >= 0.6 is 0 Å². The third-order valence-electron chi connectivity index (χ3n) is 4.68. The largest absolute Gasteiger partial charge is 0.331 e. The van der Waals surface area contributed by atoms with Gasteiger partial charge in [0.1, 0.15) is 0 Å². The van der Waals surface area contributed by atoms with Crippen molar-refractivity contribution < 1.29 is 0 Å². The monoisotopic (exact) mass is 233 g/mol. The zero-order chi connectivity index (χ0) is 11.7. The Hall–Kier alpha value is -0.830. The Labute approximate surface area is 104 Å². The van der Waals surface area contributed by atoms with Crippen LogP contribution in [0.2, 0.25) is 0 Å². The molecule has 3 nitrogen and oxygen atoms in total. The van der Waals surface area contributed by atoms with Gasteiger partial charge in [0.05, 0.1) is 6.33 Å². The van der Waals surface area contributed by atoms with Gasteiger partial charge in [-0.05, 0) is 51.6 Å². The quantitative estimate of drug-likeness (QED) is 0.870. The number of rotatable bonds is 3. The van der Waals surface area contributed by atoms with E-state index in [4.69, 9.17) is 0 Å². The molecule has 94 valence electrons. The molecule has 2 unspecified atom stereocenters. The van der Waals surface area contributed by atoms with Crippen LogP contribution in [0.3, 0.4) is 0 Å². The van der Waals surface area contributed by atoms with Crippen LogP contribution < -0.4 is 5.32 Å². The first-order valence-electron chi connectivity index (χ1n) is 7.08.